The normalized spacial score (nSPS) is 13.8. The summed E-state index contributed by atoms with van der Waals surface area (Å²) < 4.78 is 5.09. The fraction of sp³-hybridized carbons (Fsp3) is 0.643. The molecule has 2 N–H and O–H groups in total. The zero-order chi connectivity index (χ0) is 15.3. The lowest BCUT2D eigenvalue weighted by atomic mass is 9.96. The molecule has 0 aliphatic carbocycles. The molecule has 0 bridgehead atoms. The number of aryl methyl sites for hydroxylation is 2. The van der Waals surface area contributed by atoms with E-state index in [4.69, 9.17) is 9.63 Å². The number of carbonyl (C=O) groups excluding carboxylic acids is 1. The van der Waals surface area contributed by atoms with Crippen LogP contribution in [0.5, 0.6) is 0 Å². The molecule has 0 aliphatic heterocycles. The molecule has 6 nitrogen and oxygen atoms in total. The summed E-state index contributed by atoms with van der Waals surface area (Å²) in [5.41, 5.74) is 1.78. The number of hydrogen-bond acceptors (Lipinski definition) is 4. The topological polar surface area (TPSA) is 92.4 Å². The summed E-state index contributed by atoms with van der Waals surface area (Å²) in [5.74, 6) is -0.255. The summed E-state index contributed by atoms with van der Waals surface area (Å²) in [4.78, 5) is 22.4. The van der Waals surface area contributed by atoms with Gasteiger partial charge in [0.05, 0.1) is 5.69 Å². The predicted octanol–water partition coefficient (Wildman–Crippen LogP) is 2.01. The summed E-state index contributed by atoms with van der Waals surface area (Å²) >= 11 is 0. The van der Waals surface area contributed by atoms with E-state index < -0.39 is 5.97 Å². The van der Waals surface area contributed by atoms with E-state index in [1.54, 1.807) is 6.92 Å². The molecule has 1 heterocycles. The Labute approximate surface area is 118 Å². The third kappa shape index (κ3) is 4.68. The summed E-state index contributed by atoms with van der Waals surface area (Å²) in [6.45, 7) is 7.81. The number of nitrogens with zero attached hydrogens (tertiary/aromatic N) is 1. The highest BCUT2D eigenvalue weighted by Gasteiger charge is 2.19. The van der Waals surface area contributed by atoms with E-state index >= 15 is 0 Å². The lowest BCUT2D eigenvalue weighted by Crippen LogP contribution is -2.30. The molecule has 0 saturated heterocycles. The van der Waals surface area contributed by atoms with Crippen LogP contribution in [0.15, 0.2) is 4.52 Å². The Kier molecular flexibility index (Phi) is 5.73. The van der Waals surface area contributed by atoms with Crippen LogP contribution in [0, 0.1) is 19.8 Å². The second kappa shape index (κ2) is 7.07. The van der Waals surface area contributed by atoms with Crippen LogP contribution in [0.2, 0.25) is 0 Å². The molecular weight excluding hydrogens is 260 g/mol. The third-order valence-corrected chi connectivity index (χ3v) is 3.24. The first-order chi connectivity index (χ1) is 9.31. The lowest BCUT2D eigenvalue weighted by molar-refractivity contribution is -0.138. The Morgan fingerprint density at radius 1 is 1.30 bits per heavy atom. The molecule has 2 unspecified atom stereocenters. The van der Waals surface area contributed by atoms with Gasteiger partial charge in [0.25, 0.3) is 0 Å². The molecule has 20 heavy (non-hydrogen) atoms. The van der Waals surface area contributed by atoms with Gasteiger partial charge in [-0.2, -0.15) is 0 Å². The zero-order valence-electron chi connectivity index (χ0n) is 12.4. The standard InChI is InChI=1S/C14H22N2O4/c1-8(5-13(18)19)7-15-12(17)6-9(2)14-10(3)16-20-11(14)4/h8-9H,5-7H2,1-4H3,(H,15,17)(H,18,19). The first kappa shape index (κ1) is 16.2. The van der Waals surface area contributed by atoms with Gasteiger partial charge >= 0.3 is 5.97 Å². The summed E-state index contributed by atoms with van der Waals surface area (Å²) in [6.07, 6.45) is 0.391. The average Bonchev–Trinajstić information content (AvgIpc) is 2.65. The van der Waals surface area contributed by atoms with Crippen molar-refractivity contribution in [2.45, 2.75) is 46.5 Å². The van der Waals surface area contributed by atoms with Crippen LogP contribution in [-0.2, 0) is 9.59 Å². The SMILES string of the molecule is Cc1noc(C)c1C(C)CC(=O)NCC(C)CC(=O)O. The number of hydrogen-bond donors (Lipinski definition) is 2. The number of amides is 1. The van der Waals surface area contributed by atoms with Crippen LogP contribution in [0.25, 0.3) is 0 Å². The summed E-state index contributed by atoms with van der Waals surface area (Å²) in [7, 11) is 0. The summed E-state index contributed by atoms with van der Waals surface area (Å²) in [5, 5.41) is 15.3. The number of carboxylic acid groups (broad SMARTS) is 1. The molecule has 1 amide bonds. The van der Waals surface area contributed by atoms with E-state index in [0.717, 1.165) is 17.0 Å². The molecule has 1 aromatic heterocycles. The number of aromatic nitrogens is 1. The Morgan fingerprint density at radius 3 is 2.45 bits per heavy atom. The van der Waals surface area contributed by atoms with Crippen molar-refractivity contribution in [1.82, 2.24) is 10.5 Å². The van der Waals surface area contributed by atoms with Crippen molar-refractivity contribution in [3.05, 3.63) is 17.0 Å². The van der Waals surface area contributed by atoms with E-state index in [1.807, 2.05) is 20.8 Å². The quantitative estimate of drug-likeness (QED) is 0.798. The maximum absolute atomic E-state index is 11.9. The second-order valence-electron chi connectivity index (χ2n) is 5.35. The smallest absolute Gasteiger partial charge is 0.303 e. The Morgan fingerprint density at radius 2 is 1.95 bits per heavy atom. The fourth-order valence-corrected chi connectivity index (χ4v) is 2.30. The van der Waals surface area contributed by atoms with Gasteiger partial charge in [-0.05, 0) is 25.7 Å². The number of aliphatic carboxylic acids is 1. The largest absolute Gasteiger partial charge is 0.481 e. The highest BCUT2D eigenvalue weighted by Crippen LogP contribution is 2.25. The van der Waals surface area contributed by atoms with Crippen LogP contribution in [0.1, 0.15) is 49.6 Å². The predicted molar refractivity (Wildman–Crippen MR) is 73.4 cm³/mol. The molecule has 0 spiro atoms. The molecule has 0 aliphatic rings. The number of nitrogens with one attached hydrogen (secondary N) is 1. The molecule has 6 heteroatoms. The molecule has 2 atom stereocenters. The molecule has 1 rings (SSSR count). The van der Waals surface area contributed by atoms with Crippen molar-refractivity contribution >= 4 is 11.9 Å². The molecule has 112 valence electrons. The van der Waals surface area contributed by atoms with Gasteiger partial charge < -0.3 is 14.9 Å². The maximum Gasteiger partial charge on any atom is 0.303 e. The van der Waals surface area contributed by atoms with E-state index in [-0.39, 0.29) is 24.2 Å². The number of carboxylic acids is 1. The van der Waals surface area contributed by atoms with Crippen molar-refractivity contribution in [2.24, 2.45) is 5.92 Å². The van der Waals surface area contributed by atoms with E-state index in [2.05, 4.69) is 10.5 Å². The first-order valence-corrected chi connectivity index (χ1v) is 6.72. The van der Waals surface area contributed by atoms with Gasteiger partial charge in [0.1, 0.15) is 5.76 Å². The molecule has 1 aromatic rings. The Balaban J connectivity index is 2.45. The maximum atomic E-state index is 11.9. The van der Waals surface area contributed by atoms with Gasteiger partial charge in [0.15, 0.2) is 0 Å². The molecular formula is C14H22N2O4. The minimum atomic E-state index is -0.851. The third-order valence-electron chi connectivity index (χ3n) is 3.24. The van der Waals surface area contributed by atoms with E-state index in [9.17, 15) is 9.59 Å². The van der Waals surface area contributed by atoms with Crippen LogP contribution in [-0.4, -0.2) is 28.7 Å². The van der Waals surface area contributed by atoms with Gasteiger partial charge in [0.2, 0.25) is 5.91 Å². The minimum absolute atomic E-state index is 0.0241. The highest BCUT2D eigenvalue weighted by atomic mass is 16.5. The van der Waals surface area contributed by atoms with Gasteiger partial charge in [-0.15, -0.1) is 0 Å². The van der Waals surface area contributed by atoms with Crippen molar-refractivity contribution in [1.29, 1.82) is 0 Å². The van der Waals surface area contributed by atoms with Crippen molar-refractivity contribution < 1.29 is 19.2 Å². The number of carbonyl (C=O) groups is 2. The van der Waals surface area contributed by atoms with Crippen molar-refractivity contribution in [2.75, 3.05) is 6.54 Å². The first-order valence-electron chi connectivity index (χ1n) is 6.72. The lowest BCUT2D eigenvalue weighted by Gasteiger charge is -2.13. The Hall–Kier alpha value is -1.85. The van der Waals surface area contributed by atoms with Crippen LogP contribution < -0.4 is 5.32 Å². The fourth-order valence-electron chi connectivity index (χ4n) is 2.30. The molecule has 0 aromatic carbocycles. The monoisotopic (exact) mass is 282 g/mol. The van der Waals surface area contributed by atoms with E-state index in [0.29, 0.717) is 13.0 Å². The van der Waals surface area contributed by atoms with Crippen molar-refractivity contribution in [3.8, 4) is 0 Å². The highest BCUT2D eigenvalue weighted by molar-refractivity contribution is 5.77. The van der Waals surface area contributed by atoms with Crippen LogP contribution in [0.4, 0.5) is 0 Å². The molecule has 0 radical (unpaired) electrons. The van der Waals surface area contributed by atoms with Crippen molar-refractivity contribution in [3.63, 3.8) is 0 Å². The Bertz CT molecular complexity index is 462. The van der Waals surface area contributed by atoms with Gasteiger partial charge in [-0.25, -0.2) is 0 Å². The summed E-state index contributed by atoms with van der Waals surface area (Å²) in [6, 6.07) is 0. The molecule has 0 saturated carbocycles. The number of rotatable bonds is 7. The minimum Gasteiger partial charge on any atom is -0.481 e. The molecule has 0 fully saturated rings. The van der Waals surface area contributed by atoms with Crippen LogP contribution >= 0.6 is 0 Å². The zero-order valence-corrected chi connectivity index (χ0v) is 12.4. The second-order valence-corrected chi connectivity index (χ2v) is 5.35. The van der Waals surface area contributed by atoms with Gasteiger partial charge in [-0.1, -0.05) is 19.0 Å². The van der Waals surface area contributed by atoms with Crippen LogP contribution in [0.3, 0.4) is 0 Å². The van der Waals surface area contributed by atoms with Gasteiger partial charge in [-0.3, -0.25) is 9.59 Å². The van der Waals surface area contributed by atoms with Gasteiger partial charge in [0, 0.05) is 24.9 Å². The van der Waals surface area contributed by atoms with E-state index in [1.165, 1.54) is 0 Å². The average molecular weight is 282 g/mol.